The number of halogens is 2. The Hall–Kier alpha value is -2.96. The fraction of sp³-hybridized carbons (Fsp3) is 0.333. The van der Waals surface area contributed by atoms with Crippen molar-refractivity contribution in [1.29, 1.82) is 0 Å². The van der Waals surface area contributed by atoms with E-state index >= 15 is 0 Å². The molecule has 7 heteroatoms. The molecule has 2 N–H and O–H groups in total. The first kappa shape index (κ1) is 19.8. The number of nitrogens with zero attached hydrogens (tertiary/aromatic N) is 1. The van der Waals surface area contributed by atoms with Crippen molar-refractivity contribution in [3.05, 3.63) is 71.0 Å². The van der Waals surface area contributed by atoms with Gasteiger partial charge in [0.05, 0.1) is 17.9 Å². The van der Waals surface area contributed by atoms with Crippen LogP contribution in [0, 0.1) is 11.6 Å². The fourth-order valence-corrected chi connectivity index (χ4v) is 3.05. The number of hydrogen-bond donors (Lipinski definition) is 2. The third-order valence-corrected chi connectivity index (χ3v) is 4.51. The molecule has 2 aromatic carbocycles. The van der Waals surface area contributed by atoms with Gasteiger partial charge in [-0.15, -0.1) is 0 Å². The number of hydrogen-bond acceptors (Lipinski definition) is 5. The van der Waals surface area contributed by atoms with Gasteiger partial charge in [-0.2, -0.15) is 0 Å². The average molecular weight is 391 g/mol. The van der Waals surface area contributed by atoms with E-state index in [1.807, 2.05) is 26.8 Å². The molecule has 28 heavy (non-hydrogen) atoms. The Morgan fingerprint density at radius 2 is 1.75 bits per heavy atom. The van der Waals surface area contributed by atoms with Crippen LogP contribution >= 0.6 is 0 Å². The fourth-order valence-electron chi connectivity index (χ4n) is 3.05. The van der Waals surface area contributed by atoms with E-state index in [4.69, 9.17) is 9.47 Å². The topological polar surface area (TPSA) is 62.2 Å². The van der Waals surface area contributed by atoms with Crippen molar-refractivity contribution in [3.63, 3.8) is 0 Å². The highest BCUT2D eigenvalue weighted by atomic mass is 19.1. The Morgan fingerprint density at radius 3 is 2.32 bits per heavy atom. The van der Waals surface area contributed by atoms with Gasteiger partial charge in [0.1, 0.15) is 17.4 Å². The lowest BCUT2D eigenvalue weighted by atomic mass is 9.87. The molecular formula is C21H23F2NO4. The summed E-state index contributed by atoms with van der Waals surface area (Å²) in [7, 11) is 0. The van der Waals surface area contributed by atoms with Crippen LogP contribution < -0.4 is 9.64 Å². The summed E-state index contributed by atoms with van der Waals surface area (Å²) in [4.78, 5) is 1.11. The molecule has 5 nitrogen and oxygen atoms in total. The van der Waals surface area contributed by atoms with Crippen molar-refractivity contribution < 1.29 is 28.5 Å². The summed E-state index contributed by atoms with van der Waals surface area (Å²) in [5.74, 6) is -2.81. The maximum atomic E-state index is 14.4. The van der Waals surface area contributed by atoms with Crippen LogP contribution in [-0.2, 0) is 10.2 Å². The Morgan fingerprint density at radius 1 is 1.11 bits per heavy atom. The molecule has 1 unspecified atom stereocenters. The predicted molar refractivity (Wildman–Crippen MR) is 101 cm³/mol. The highest BCUT2D eigenvalue weighted by Crippen LogP contribution is 2.45. The molecule has 0 fully saturated rings. The second kappa shape index (κ2) is 7.22. The van der Waals surface area contributed by atoms with E-state index in [0.717, 1.165) is 22.6 Å². The van der Waals surface area contributed by atoms with Gasteiger partial charge in [0.15, 0.2) is 0 Å². The standard InChI is InChI=1S/C21H23F2NO4/c1-5-27-16-11-12(21(2,3)4)9-10-15(16)24-18(25)20(26)28-19(24)17-13(22)7-6-8-14(17)23/h6-11,19,25-26H,5H2,1-4H3. The summed E-state index contributed by atoms with van der Waals surface area (Å²) in [5, 5.41) is 20.3. The third kappa shape index (κ3) is 3.44. The molecule has 0 aromatic heterocycles. The lowest BCUT2D eigenvalue weighted by molar-refractivity contribution is 0.0527. The largest absolute Gasteiger partial charge is 0.492 e. The maximum Gasteiger partial charge on any atom is 0.342 e. The Bertz CT molecular complexity index is 901. The molecule has 0 saturated heterocycles. The van der Waals surface area contributed by atoms with Crippen LogP contribution in [0.5, 0.6) is 5.75 Å². The normalized spacial score (nSPS) is 17.1. The van der Waals surface area contributed by atoms with Crippen molar-refractivity contribution >= 4 is 5.69 Å². The van der Waals surface area contributed by atoms with E-state index < -0.39 is 35.3 Å². The number of aliphatic hydroxyl groups excluding tert-OH is 2. The van der Waals surface area contributed by atoms with Gasteiger partial charge in [-0.25, -0.2) is 8.78 Å². The molecule has 0 bridgehead atoms. The van der Waals surface area contributed by atoms with Crippen LogP contribution in [0.25, 0.3) is 0 Å². The van der Waals surface area contributed by atoms with Gasteiger partial charge in [0, 0.05) is 0 Å². The molecule has 1 atom stereocenters. The summed E-state index contributed by atoms with van der Waals surface area (Å²) in [6.45, 7) is 8.26. The quantitative estimate of drug-likeness (QED) is 0.727. The summed E-state index contributed by atoms with van der Waals surface area (Å²) in [6, 6.07) is 8.68. The first-order chi connectivity index (χ1) is 13.1. The minimum atomic E-state index is -1.43. The van der Waals surface area contributed by atoms with Crippen LogP contribution in [-0.4, -0.2) is 16.8 Å². The van der Waals surface area contributed by atoms with Crippen LogP contribution in [0.4, 0.5) is 14.5 Å². The Kier molecular flexibility index (Phi) is 5.10. The highest BCUT2D eigenvalue weighted by molar-refractivity contribution is 5.65. The number of ether oxygens (including phenoxy) is 2. The van der Waals surface area contributed by atoms with Gasteiger partial charge in [0.25, 0.3) is 5.88 Å². The first-order valence-electron chi connectivity index (χ1n) is 8.94. The smallest absolute Gasteiger partial charge is 0.342 e. The molecule has 3 rings (SSSR count). The molecular weight excluding hydrogens is 368 g/mol. The Balaban J connectivity index is 2.16. The molecule has 1 aliphatic heterocycles. The first-order valence-corrected chi connectivity index (χ1v) is 8.94. The second-order valence-corrected chi connectivity index (χ2v) is 7.47. The zero-order valence-electron chi connectivity index (χ0n) is 16.2. The van der Waals surface area contributed by atoms with Crippen molar-refractivity contribution in [3.8, 4) is 5.75 Å². The summed E-state index contributed by atoms with van der Waals surface area (Å²) < 4.78 is 39.6. The van der Waals surface area contributed by atoms with E-state index in [-0.39, 0.29) is 5.41 Å². The Labute approximate surface area is 162 Å². The van der Waals surface area contributed by atoms with Gasteiger partial charge in [-0.3, -0.25) is 4.90 Å². The number of aliphatic hydroxyl groups is 2. The number of rotatable bonds is 4. The molecule has 0 spiro atoms. The lowest BCUT2D eigenvalue weighted by Crippen LogP contribution is -2.26. The van der Waals surface area contributed by atoms with E-state index in [0.29, 0.717) is 18.0 Å². The zero-order chi connectivity index (χ0) is 20.6. The number of anilines is 1. The van der Waals surface area contributed by atoms with E-state index in [9.17, 15) is 19.0 Å². The molecule has 1 heterocycles. The molecule has 1 aliphatic rings. The van der Waals surface area contributed by atoms with Gasteiger partial charge in [-0.1, -0.05) is 32.9 Å². The van der Waals surface area contributed by atoms with E-state index in [1.54, 1.807) is 19.1 Å². The molecule has 150 valence electrons. The van der Waals surface area contributed by atoms with E-state index in [2.05, 4.69) is 0 Å². The van der Waals surface area contributed by atoms with Gasteiger partial charge in [-0.05, 0) is 42.2 Å². The summed E-state index contributed by atoms with van der Waals surface area (Å²) >= 11 is 0. The molecule has 0 radical (unpaired) electrons. The van der Waals surface area contributed by atoms with Crippen LogP contribution in [0.3, 0.4) is 0 Å². The molecule has 2 aromatic rings. The number of benzene rings is 2. The third-order valence-electron chi connectivity index (χ3n) is 4.51. The lowest BCUT2D eigenvalue weighted by Gasteiger charge is -2.28. The van der Waals surface area contributed by atoms with Crippen molar-refractivity contribution in [1.82, 2.24) is 0 Å². The highest BCUT2D eigenvalue weighted by Gasteiger charge is 2.41. The van der Waals surface area contributed by atoms with Gasteiger partial charge >= 0.3 is 5.95 Å². The SMILES string of the molecule is CCOc1cc(C(C)(C)C)ccc1N1C(O)=C(O)OC1c1c(F)cccc1F. The summed E-state index contributed by atoms with van der Waals surface area (Å²) in [6.07, 6.45) is -1.43. The van der Waals surface area contributed by atoms with Crippen LogP contribution in [0.15, 0.2) is 48.2 Å². The second-order valence-electron chi connectivity index (χ2n) is 7.47. The average Bonchev–Trinajstić information content (AvgIpc) is 2.89. The minimum absolute atomic E-state index is 0.164. The molecule has 0 aliphatic carbocycles. The molecule has 0 amide bonds. The van der Waals surface area contributed by atoms with Crippen LogP contribution in [0.1, 0.15) is 45.0 Å². The van der Waals surface area contributed by atoms with Gasteiger partial charge < -0.3 is 19.7 Å². The predicted octanol–water partition coefficient (Wildman–Crippen LogP) is 5.44. The maximum absolute atomic E-state index is 14.4. The summed E-state index contributed by atoms with van der Waals surface area (Å²) in [5.41, 5.74) is 0.689. The van der Waals surface area contributed by atoms with Crippen LogP contribution in [0.2, 0.25) is 0 Å². The molecule has 0 saturated carbocycles. The van der Waals surface area contributed by atoms with Crippen molar-refractivity contribution in [2.45, 2.75) is 39.3 Å². The van der Waals surface area contributed by atoms with Gasteiger partial charge in [0.2, 0.25) is 6.23 Å². The van der Waals surface area contributed by atoms with E-state index in [1.165, 1.54) is 6.07 Å². The van der Waals surface area contributed by atoms with Crippen molar-refractivity contribution in [2.24, 2.45) is 0 Å². The monoisotopic (exact) mass is 391 g/mol. The minimum Gasteiger partial charge on any atom is -0.492 e. The van der Waals surface area contributed by atoms with Crippen molar-refractivity contribution in [2.75, 3.05) is 11.5 Å². The zero-order valence-corrected chi connectivity index (χ0v) is 16.2.